The van der Waals surface area contributed by atoms with Crippen LogP contribution < -0.4 is 10.6 Å². The molecule has 1 aromatic heterocycles. The number of amides is 1. The Labute approximate surface area is 120 Å². The number of piperidine rings is 1. The van der Waals surface area contributed by atoms with Gasteiger partial charge in [0, 0.05) is 26.4 Å². The molecule has 1 amide bonds. The van der Waals surface area contributed by atoms with Gasteiger partial charge in [0.2, 0.25) is 0 Å². The highest BCUT2D eigenvalue weighted by molar-refractivity contribution is 5.92. The highest BCUT2D eigenvalue weighted by atomic mass is 16.5. The number of carbonyl (C=O) groups excluding carboxylic acids is 1. The lowest BCUT2D eigenvalue weighted by Gasteiger charge is -2.34. The second-order valence-corrected chi connectivity index (χ2v) is 5.82. The van der Waals surface area contributed by atoms with Crippen molar-refractivity contribution in [2.24, 2.45) is 5.41 Å². The Morgan fingerprint density at radius 3 is 2.95 bits per heavy atom. The highest BCUT2D eigenvalue weighted by Crippen LogP contribution is 2.26. The molecule has 0 radical (unpaired) electrons. The Bertz CT molecular complexity index is 436. The summed E-state index contributed by atoms with van der Waals surface area (Å²) in [5.41, 5.74) is 0.921. The number of rotatable bonds is 6. The standard InChI is InChI=1S/C15H25N3O2/c1-15(5-7-16-8-6-15)12-17-14(19)13-4-3-9-18(13)10-11-20-2/h3-4,9,16H,5-8,10-12H2,1-2H3,(H,17,19). The number of nitrogens with one attached hydrogen (secondary N) is 2. The molecule has 1 saturated heterocycles. The highest BCUT2D eigenvalue weighted by Gasteiger charge is 2.27. The molecule has 2 heterocycles. The number of aromatic nitrogens is 1. The predicted molar refractivity (Wildman–Crippen MR) is 78.9 cm³/mol. The van der Waals surface area contributed by atoms with Gasteiger partial charge in [-0.2, -0.15) is 0 Å². The predicted octanol–water partition coefficient (Wildman–Crippen LogP) is 1.25. The van der Waals surface area contributed by atoms with Crippen LogP contribution in [0.25, 0.3) is 0 Å². The molecule has 0 spiro atoms. The maximum absolute atomic E-state index is 12.3. The summed E-state index contributed by atoms with van der Waals surface area (Å²) in [4.78, 5) is 12.3. The zero-order chi connectivity index (χ0) is 14.4. The minimum Gasteiger partial charge on any atom is -0.383 e. The molecule has 20 heavy (non-hydrogen) atoms. The lowest BCUT2D eigenvalue weighted by Crippen LogP contribution is -2.43. The maximum atomic E-state index is 12.3. The Morgan fingerprint density at radius 2 is 2.25 bits per heavy atom. The van der Waals surface area contributed by atoms with Gasteiger partial charge in [-0.1, -0.05) is 6.92 Å². The van der Waals surface area contributed by atoms with E-state index in [1.807, 2.05) is 22.9 Å². The Balaban J connectivity index is 1.89. The van der Waals surface area contributed by atoms with E-state index in [1.54, 1.807) is 7.11 Å². The van der Waals surface area contributed by atoms with Gasteiger partial charge in [-0.25, -0.2) is 0 Å². The molecular formula is C15H25N3O2. The van der Waals surface area contributed by atoms with Crippen molar-refractivity contribution < 1.29 is 9.53 Å². The van der Waals surface area contributed by atoms with Crippen LogP contribution in [0.5, 0.6) is 0 Å². The van der Waals surface area contributed by atoms with Gasteiger partial charge >= 0.3 is 0 Å². The molecule has 1 fully saturated rings. The summed E-state index contributed by atoms with van der Waals surface area (Å²) in [5, 5.41) is 6.44. The van der Waals surface area contributed by atoms with Crippen LogP contribution in [0, 0.1) is 5.41 Å². The number of nitrogens with zero attached hydrogens (tertiary/aromatic N) is 1. The SMILES string of the molecule is COCCn1cccc1C(=O)NCC1(C)CCNCC1. The molecule has 2 rings (SSSR count). The first-order valence-corrected chi connectivity index (χ1v) is 7.28. The molecule has 112 valence electrons. The molecular weight excluding hydrogens is 254 g/mol. The number of methoxy groups -OCH3 is 1. The van der Waals surface area contributed by atoms with E-state index in [0.717, 1.165) is 32.5 Å². The van der Waals surface area contributed by atoms with Gasteiger partial charge < -0.3 is 19.9 Å². The van der Waals surface area contributed by atoms with Crippen LogP contribution >= 0.6 is 0 Å². The summed E-state index contributed by atoms with van der Waals surface area (Å²) in [5.74, 6) is 0.00543. The summed E-state index contributed by atoms with van der Waals surface area (Å²) in [6.07, 6.45) is 4.14. The van der Waals surface area contributed by atoms with Gasteiger partial charge in [-0.3, -0.25) is 4.79 Å². The molecule has 5 nitrogen and oxygen atoms in total. The van der Waals surface area contributed by atoms with Gasteiger partial charge in [0.15, 0.2) is 0 Å². The second kappa shape index (κ2) is 6.90. The fraction of sp³-hybridized carbons (Fsp3) is 0.667. The molecule has 0 saturated carbocycles. The van der Waals surface area contributed by atoms with Gasteiger partial charge in [0.25, 0.3) is 5.91 Å². The first-order chi connectivity index (χ1) is 9.64. The minimum absolute atomic E-state index is 0.00543. The monoisotopic (exact) mass is 279 g/mol. The Hall–Kier alpha value is -1.33. The van der Waals surface area contributed by atoms with Crippen LogP contribution in [0.2, 0.25) is 0 Å². The molecule has 1 aromatic rings. The van der Waals surface area contributed by atoms with Crippen molar-refractivity contribution in [1.82, 2.24) is 15.2 Å². The lowest BCUT2D eigenvalue weighted by molar-refractivity contribution is 0.0910. The molecule has 5 heteroatoms. The van der Waals surface area contributed by atoms with E-state index in [-0.39, 0.29) is 11.3 Å². The van der Waals surface area contributed by atoms with Gasteiger partial charge in [0.05, 0.1) is 6.61 Å². The van der Waals surface area contributed by atoms with Crippen LogP contribution in [0.15, 0.2) is 18.3 Å². The Morgan fingerprint density at radius 1 is 1.50 bits per heavy atom. The third kappa shape index (κ3) is 3.84. The van der Waals surface area contributed by atoms with Crippen LogP contribution in [0.4, 0.5) is 0 Å². The summed E-state index contributed by atoms with van der Waals surface area (Å²) >= 11 is 0. The average Bonchev–Trinajstić information content (AvgIpc) is 2.92. The quantitative estimate of drug-likeness (QED) is 0.824. The van der Waals surface area contributed by atoms with Crippen LogP contribution in [-0.4, -0.2) is 43.8 Å². The van der Waals surface area contributed by atoms with Crippen LogP contribution in [-0.2, 0) is 11.3 Å². The third-order valence-electron chi connectivity index (χ3n) is 4.08. The van der Waals surface area contributed by atoms with E-state index in [9.17, 15) is 4.79 Å². The topological polar surface area (TPSA) is 55.3 Å². The minimum atomic E-state index is 0.00543. The van der Waals surface area contributed by atoms with Gasteiger partial charge in [-0.15, -0.1) is 0 Å². The lowest BCUT2D eigenvalue weighted by atomic mass is 9.81. The van der Waals surface area contributed by atoms with Crippen molar-refractivity contribution in [3.63, 3.8) is 0 Å². The van der Waals surface area contributed by atoms with E-state index in [1.165, 1.54) is 0 Å². The molecule has 1 aliphatic rings. The van der Waals surface area contributed by atoms with Crippen molar-refractivity contribution in [3.05, 3.63) is 24.0 Å². The zero-order valence-electron chi connectivity index (χ0n) is 12.4. The molecule has 0 bridgehead atoms. The van der Waals surface area contributed by atoms with Crippen LogP contribution in [0.3, 0.4) is 0 Å². The first-order valence-electron chi connectivity index (χ1n) is 7.28. The molecule has 2 N–H and O–H groups in total. The van der Waals surface area contributed by atoms with Crippen molar-refractivity contribution in [3.8, 4) is 0 Å². The largest absolute Gasteiger partial charge is 0.383 e. The summed E-state index contributed by atoms with van der Waals surface area (Å²) < 4.78 is 7.00. The van der Waals surface area contributed by atoms with E-state index < -0.39 is 0 Å². The van der Waals surface area contributed by atoms with Crippen molar-refractivity contribution in [2.75, 3.05) is 33.4 Å². The molecule has 0 atom stereocenters. The number of hydrogen-bond donors (Lipinski definition) is 2. The van der Waals surface area contributed by atoms with Crippen LogP contribution in [0.1, 0.15) is 30.3 Å². The number of hydrogen-bond acceptors (Lipinski definition) is 3. The molecule has 1 aliphatic heterocycles. The average molecular weight is 279 g/mol. The van der Waals surface area contributed by atoms with Gasteiger partial charge in [0.1, 0.15) is 5.69 Å². The maximum Gasteiger partial charge on any atom is 0.267 e. The smallest absolute Gasteiger partial charge is 0.267 e. The molecule has 0 aromatic carbocycles. The molecule has 0 aliphatic carbocycles. The fourth-order valence-corrected chi connectivity index (χ4v) is 2.60. The van der Waals surface area contributed by atoms with E-state index in [2.05, 4.69) is 17.6 Å². The van der Waals surface area contributed by atoms with E-state index in [0.29, 0.717) is 18.8 Å². The van der Waals surface area contributed by atoms with Crippen molar-refractivity contribution in [1.29, 1.82) is 0 Å². The third-order valence-corrected chi connectivity index (χ3v) is 4.08. The van der Waals surface area contributed by atoms with Gasteiger partial charge in [-0.05, 0) is 43.5 Å². The molecule has 0 unspecified atom stereocenters. The number of carbonyl (C=O) groups is 1. The summed E-state index contributed by atoms with van der Waals surface area (Å²) in [7, 11) is 1.67. The summed E-state index contributed by atoms with van der Waals surface area (Å²) in [6.45, 7) is 6.38. The Kier molecular flexibility index (Phi) is 5.20. The van der Waals surface area contributed by atoms with Crippen molar-refractivity contribution in [2.45, 2.75) is 26.3 Å². The summed E-state index contributed by atoms with van der Waals surface area (Å²) in [6, 6.07) is 3.76. The second-order valence-electron chi connectivity index (χ2n) is 5.82. The van der Waals surface area contributed by atoms with Crippen molar-refractivity contribution >= 4 is 5.91 Å². The van der Waals surface area contributed by atoms with E-state index >= 15 is 0 Å². The normalized spacial score (nSPS) is 17.9. The number of ether oxygens (including phenoxy) is 1. The van der Waals surface area contributed by atoms with E-state index in [4.69, 9.17) is 4.74 Å². The zero-order valence-corrected chi connectivity index (χ0v) is 12.4. The first kappa shape index (κ1) is 15.1. The fourth-order valence-electron chi connectivity index (χ4n) is 2.60.